The van der Waals surface area contributed by atoms with Gasteiger partial charge in [0.15, 0.2) is 0 Å². The summed E-state index contributed by atoms with van der Waals surface area (Å²) in [5.41, 5.74) is 0.669. The fourth-order valence-electron chi connectivity index (χ4n) is 4.60. The number of amides is 2. The first-order chi connectivity index (χ1) is 13.6. The van der Waals surface area contributed by atoms with Crippen molar-refractivity contribution in [2.75, 3.05) is 39.1 Å². The number of methoxy groups -OCH3 is 1. The Bertz CT molecular complexity index is 673. The van der Waals surface area contributed by atoms with Crippen molar-refractivity contribution < 1.29 is 14.3 Å². The van der Waals surface area contributed by atoms with Crippen molar-refractivity contribution >= 4 is 17.5 Å². The summed E-state index contributed by atoms with van der Waals surface area (Å²) in [6.45, 7) is 1.47. The maximum Gasteiger partial charge on any atom is 0.243 e. The first kappa shape index (κ1) is 20.6. The van der Waals surface area contributed by atoms with Gasteiger partial charge in [0.05, 0.1) is 20.2 Å². The maximum atomic E-state index is 12.7. The van der Waals surface area contributed by atoms with Gasteiger partial charge in [-0.3, -0.25) is 14.5 Å². The van der Waals surface area contributed by atoms with Crippen LogP contribution in [0, 0.1) is 5.92 Å². The number of nitrogens with zero attached hydrogens (tertiary/aromatic N) is 2. The lowest BCUT2D eigenvalue weighted by molar-refractivity contribution is -0.134. The summed E-state index contributed by atoms with van der Waals surface area (Å²) in [7, 11) is 3.30. The molecule has 1 saturated carbocycles. The second kappa shape index (κ2) is 9.92. The highest BCUT2D eigenvalue weighted by Gasteiger charge is 2.33. The monoisotopic (exact) mass is 387 g/mol. The summed E-state index contributed by atoms with van der Waals surface area (Å²) < 4.78 is 5.17. The normalized spacial score (nSPS) is 20.7. The fourth-order valence-corrected chi connectivity index (χ4v) is 4.60. The minimum absolute atomic E-state index is 0.0171. The van der Waals surface area contributed by atoms with Gasteiger partial charge in [0.25, 0.3) is 0 Å². The van der Waals surface area contributed by atoms with E-state index in [1.54, 1.807) is 26.3 Å². The van der Waals surface area contributed by atoms with Gasteiger partial charge in [-0.05, 0) is 50.3 Å². The number of hydrogen-bond donors (Lipinski definition) is 1. The maximum absolute atomic E-state index is 12.7. The van der Waals surface area contributed by atoms with E-state index < -0.39 is 0 Å². The van der Waals surface area contributed by atoms with Crippen LogP contribution in [0.25, 0.3) is 0 Å². The molecule has 2 amide bonds. The van der Waals surface area contributed by atoms with Gasteiger partial charge < -0.3 is 15.0 Å². The molecule has 6 nitrogen and oxygen atoms in total. The van der Waals surface area contributed by atoms with Gasteiger partial charge in [0.2, 0.25) is 11.8 Å². The molecule has 6 heteroatoms. The average molecular weight is 388 g/mol. The first-order valence-electron chi connectivity index (χ1n) is 10.5. The van der Waals surface area contributed by atoms with Crippen molar-refractivity contribution in [3.63, 3.8) is 0 Å². The number of likely N-dealkylation sites (N-methyl/N-ethyl adjacent to an activating group) is 1. The van der Waals surface area contributed by atoms with E-state index >= 15 is 0 Å². The molecule has 154 valence electrons. The highest BCUT2D eigenvalue weighted by Crippen LogP contribution is 2.34. The average Bonchev–Trinajstić information content (AvgIpc) is 3.16. The summed E-state index contributed by atoms with van der Waals surface area (Å²) in [4.78, 5) is 28.9. The van der Waals surface area contributed by atoms with Crippen molar-refractivity contribution in [1.82, 2.24) is 9.80 Å². The molecule has 2 fully saturated rings. The Balaban J connectivity index is 1.48. The SMILES string of the molecule is COc1cccc(NC(=O)CN(C)C(=O)CN2CCCC2C2CCCCC2)c1. The molecule has 1 heterocycles. The molecule has 1 N–H and O–H groups in total. The van der Waals surface area contributed by atoms with Crippen LogP contribution in [0.3, 0.4) is 0 Å². The summed E-state index contributed by atoms with van der Waals surface area (Å²) >= 11 is 0. The molecule has 0 aromatic heterocycles. The van der Waals surface area contributed by atoms with E-state index in [0.29, 0.717) is 24.0 Å². The molecule has 1 aliphatic heterocycles. The number of carbonyl (C=O) groups excluding carboxylic acids is 2. The van der Waals surface area contributed by atoms with E-state index in [-0.39, 0.29) is 18.4 Å². The van der Waals surface area contributed by atoms with Crippen molar-refractivity contribution in [3.8, 4) is 5.75 Å². The molecular formula is C22H33N3O3. The summed E-state index contributed by atoms with van der Waals surface area (Å²) in [6.07, 6.45) is 8.99. The molecule has 0 radical (unpaired) electrons. The lowest BCUT2D eigenvalue weighted by Crippen LogP contribution is -2.45. The van der Waals surface area contributed by atoms with Crippen LogP contribution < -0.4 is 10.1 Å². The lowest BCUT2D eigenvalue weighted by atomic mass is 9.83. The first-order valence-corrected chi connectivity index (χ1v) is 10.5. The Morgan fingerprint density at radius 2 is 1.96 bits per heavy atom. The van der Waals surface area contributed by atoms with Gasteiger partial charge in [-0.25, -0.2) is 0 Å². The minimum Gasteiger partial charge on any atom is -0.497 e. The molecule has 1 unspecified atom stereocenters. The molecule has 2 aliphatic rings. The molecule has 28 heavy (non-hydrogen) atoms. The second-order valence-electron chi connectivity index (χ2n) is 8.11. The van der Waals surface area contributed by atoms with E-state index in [2.05, 4.69) is 10.2 Å². The highest BCUT2D eigenvalue weighted by molar-refractivity contribution is 5.94. The van der Waals surface area contributed by atoms with Crippen LogP contribution in [0.1, 0.15) is 44.9 Å². The minimum atomic E-state index is -0.200. The van der Waals surface area contributed by atoms with E-state index in [1.807, 2.05) is 12.1 Å². The summed E-state index contributed by atoms with van der Waals surface area (Å²) in [5.74, 6) is 1.24. The third kappa shape index (κ3) is 5.47. The number of likely N-dealkylation sites (tertiary alicyclic amines) is 1. The predicted molar refractivity (Wildman–Crippen MR) is 110 cm³/mol. The molecule has 1 atom stereocenters. The molecule has 3 rings (SSSR count). The topological polar surface area (TPSA) is 61.9 Å². The van der Waals surface area contributed by atoms with Crippen LogP contribution in [-0.2, 0) is 9.59 Å². The zero-order chi connectivity index (χ0) is 19.9. The third-order valence-electron chi connectivity index (χ3n) is 6.11. The van der Waals surface area contributed by atoms with Crippen molar-refractivity contribution in [3.05, 3.63) is 24.3 Å². The quantitative estimate of drug-likeness (QED) is 0.781. The van der Waals surface area contributed by atoms with Crippen LogP contribution >= 0.6 is 0 Å². The van der Waals surface area contributed by atoms with E-state index in [4.69, 9.17) is 4.74 Å². The number of hydrogen-bond acceptors (Lipinski definition) is 4. The number of ether oxygens (including phenoxy) is 1. The Kier molecular flexibility index (Phi) is 7.31. The molecule has 1 aliphatic carbocycles. The highest BCUT2D eigenvalue weighted by atomic mass is 16.5. The van der Waals surface area contributed by atoms with Crippen LogP contribution in [0.15, 0.2) is 24.3 Å². The molecule has 0 spiro atoms. The Hall–Kier alpha value is -2.08. The zero-order valence-corrected chi connectivity index (χ0v) is 17.2. The van der Waals surface area contributed by atoms with Gasteiger partial charge >= 0.3 is 0 Å². The number of carbonyl (C=O) groups is 2. The van der Waals surface area contributed by atoms with Crippen molar-refractivity contribution in [1.29, 1.82) is 0 Å². The molecule has 1 aromatic rings. The van der Waals surface area contributed by atoms with Gasteiger partial charge in [-0.2, -0.15) is 0 Å². The van der Waals surface area contributed by atoms with Gasteiger partial charge in [0.1, 0.15) is 5.75 Å². The van der Waals surface area contributed by atoms with Crippen molar-refractivity contribution in [2.24, 2.45) is 5.92 Å². The summed E-state index contributed by atoms with van der Waals surface area (Å²) in [5, 5.41) is 2.83. The predicted octanol–water partition coefficient (Wildman–Crippen LogP) is 3.14. The van der Waals surface area contributed by atoms with Gasteiger partial charge in [0, 0.05) is 24.8 Å². The van der Waals surface area contributed by atoms with Crippen LogP contribution in [-0.4, -0.2) is 61.4 Å². The number of rotatable bonds is 7. The molecule has 1 saturated heterocycles. The zero-order valence-electron chi connectivity index (χ0n) is 17.2. The number of anilines is 1. The van der Waals surface area contributed by atoms with Gasteiger partial charge in [-0.1, -0.05) is 25.3 Å². The molecule has 0 bridgehead atoms. The van der Waals surface area contributed by atoms with E-state index in [0.717, 1.165) is 12.5 Å². The third-order valence-corrected chi connectivity index (χ3v) is 6.11. The second-order valence-corrected chi connectivity index (χ2v) is 8.11. The van der Waals surface area contributed by atoms with Crippen LogP contribution in [0.5, 0.6) is 5.75 Å². The van der Waals surface area contributed by atoms with Gasteiger partial charge in [-0.15, -0.1) is 0 Å². The van der Waals surface area contributed by atoms with Crippen molar-refractivity contribution in [2.45, 2.75) is 51.0 Å². The summed E-state index contributed by atoms with van der Waals surface area (Å²) in [6, 6.07) is 7.76. The molecule has 1 aromatic carbocycles. The standard InChI is InChI=1S/C22H33N3O3/c1-24(15-21(26)23-18-10-6-11-19(14-18)28-2)22(27)16-25-13-7-12-20(25)17-8-4-3-5-9-17/h6,10-11,14,17,20H,3-5,7-9,12-13,15-16H2,1-2H3,(H,23,26). The van der Waals surface area contributed by atoms with Crippen LogP contribution in [0.4, 0.5) is 5.69 Å². The van der Waals surface area contributed by atoms with E-state index in [9.17, 15) is 9.59 Å². The number of benzene rings is 1. The Morgan fingerprint density at radius 1 is 1.18 bits per heavy atom. The lowest BCUT2D eigenvalue weighted by Gasteiger charge is -2.34. The Morgan fingerprint density at radius 3 is 2.71 bits per heavy atom. The number of nitrogens with one attached hydrogen (secondary N) is 1. The van der Waals surface area contributed by atoms with Crippen LogP contribution in [0.2, 0.25) is 0 Å². The smallest absolute Gasteiger partial charge is 0.243 e. The molecular weight excluding hydrogens is 354 g/mol. The Labute approximate surface area is 168 Å². The van der Waals surface area contributed by atoms with E-state index in [1.165, 1.54) is 49.8 Å². The largest absolute Gasteiger partial charge is 0.497 e. The fraction of sp³-hybridized carbons (Fsp3) is 0.636.